The van der Waals surface area contributed by atoms with E-state index in [-0.39, 0.29) is 0 Å². The Balaban J connectivity index is 2.29. The fourth-order valence-corrected chi connectivity index (χ4v) is 1.45. The molecule has 0 spiro atoms. The molecular formula is C13H13BO. The minimum atomic E-state index is 0.881. The SMILES string of the molecule is Cc1ccbc(Oc2ccccc2)c1C. The van der Waals surface area contributed by atoms with Gasteiger partial charge in [-0.05, 0) is 0 Å². The minimum absolute atomic E-state index is 0.881. The van der Waals surface area contributed by atoms with Crippen LogP contribution >= 0.6 is 0 Å². The topological polar surface area (TPSA) is 9.23 Å². The van der Waals surface area contributed by atoms with E-state index in [0.717, 1.165) is 11.4 Å². The third-order valence-corrected chi connectivity index (χ3v) is 2.53. The van der Waals surface area contributed by atoms with E-state index in [1.165, 1.54) is 11.1 Å². The average Bonchev–Trinajstić information content (AvgIpc) is 2.26. The number of benzene rings is 1. The van der Waals surface area contributed by atoms with Gasteiger partial charge >= 0.3 is 90.4 Å². The fourth-order valence-electron chi connectivity index (χ4n) is 1.45. The van der Waals surface area contributed by atoms with Gasteiger partial charge in [0.15, 0.2) is 0 Å². The number of rotatable bonds is 2. The van der Waals surface area contributed by atoms with Gasteiger partial charge in [-0.1, -0.05) is 0 Å². The van der Waals surface area contributed by atoms with E-state index in [1.807, 2.05) is 43.2 Å². The Labute approximate surface area is 90.9 Å². The third-order valence-electron chi connectivity index (χ3n) is 2.53. The molecular weight excluding hydrogens is 183 g/mol. The first-order valence-electron chi connectivity index (χ1n) is 5.06. The van der Waals surface area contributed by atoms with Crippen molar-refractivity contribution in [2.45, 2.75) is 13.8 Å². The molecule has 0 aliphatic carbocycles. The molecule has 2 aromatic rings. The molecule has 1 aromatic carbocycles. The Bertz CT molecular complexity index is 451. The van der Waals surface area contributed by atoms with Crippen LogP contribution in [0.5, 0.6) is 11.4 Å². The van der Waals surface area contributed by atoms with Gasteiger partial charge in [0.25, 0.3) is 0 Å². The van der Waals surface area contributed by atoms with Crippen LogP contribution in [0.4, 0.5) is 0 Å². The van der Waals surface area contributed by atoms with Crippen LogP contribution in [-0.2, 0) is 0 Å². The summed E-state index contributed by atoms with van der Waals surface area (Å²) < 4.78 is 5.79. The molecule has 2 heteroatoms. The van der Waals surface area contributed by atoms with Crippen LogP contribution in [0.25, 0.3) is 0 Å². The molecule has 0 N–H and O–H groups in total. The van der Waals surface area contributed by atoms with Crippen molar-refractivity contribution in [3.63, 3.8) is 0 Å². The van der Waals surface area contributed by atoms with Crippen molar-refractivity contribution >= 4 is 6.91 Å². The van der Waals surface area contributed by atoms with E-state index in [0.29, 0.717) is 0 Å². The summed E-state index contributed by atoms with van der Waals surface area (Å²) in [6.45, 7) is 6.16. The molecule has 0 saturated carbocycles. The van der Waals surface area contributed by atoms with E-state index in [4.69, 9.17) is 4.74 Å². The predicted molar refractivity (Wildman–Crippen MR) is 63.8 cm³/mol. The maximum absolute atomic E-state index is 5.79. The van der Waals surface area contributed by atoms with Crippen molar-refractivity contribution in [3.05, 3.63) is 53.5 Å². The average molecular weight is 196 g/mol. The first-order chi connectivity index (χ1) is 7.27. The first kappa shape index (κ1) is 9.97. The van der Waals surface area contributed by atoms with Crippen molar-refractivity contribution in [1.29, 1.82) is 0 Å². The first-order valence-corrected chi connectivity index (χ1v) is 5.06. The van der Waals surface area contributed by atoms with Crippen molar-refractivity contribution < 1.29 is 4.74 Å². The summed E-state index contributed by atoms with van der Waals surface area (Å²) in [7, 11) is 0. The Morgan fingerprint density at radius 1 is 1.00 bits per heavy atom. The zero-order valence-electron chi connectivity index (χ0n) is 9.03. The standard InChI is InChI=1S/C13H13BO/c1-10-8-9-14-13(11(10)2)15-12-6-4-3-5-7-12/h3-9H,1-2H3. The molecule has 1 heterocycles. The molecule has 74 valence electrons. The van der Waals surface area contributed by atoms with Crippen LogP contribution < -0.4 is 4.74 Å². The summed E-state index contributed by atoms with van der Waals surface area (Å²) in [5, 5.41) is 0. The number of hydrogen-bond acceptors (Lipinski definition) is 1. The van der Waals surface area contributed by atoms with E-state index in [9.17, 15) is 0 Å². The Morgan fingerprint density at radius 3 is 2.47 bits per heavy atom. The van der Waals surface area contributed by atoms with Crippen LogP contribution in [0.2, 0.25) is 0 Å². The summed E-state index contributed by atoms with van der Waals surface area (Å²) in [5.74, 6) is 2.90. The molecule has 0 amide bonds. The molecule has 1 nitrogen and oxygen atoms in total. The number of aryl methyl sites for hydroxylation is 1. The molecule has 0 radical (unpaired) electrons. The number of para-hydroxylation sites is 1. The third kappa shape index (κ3) is 2.27. The molecule has 0 saturated heterocycles. The second-order valence-electron chi connectivity index (χ2n) is 3.61. The molecule has 0 unspecified atom stereocenters. The number of ether oxygens (including phenoxy) is 1. The van der Waals surface area contributed by atoms with Crippen LogP contribution in [-0.4, -0.2) is 6.91 Å². The molecule has 0 aliphatic heterocycles. The van der Waals surface area contributed by atoms with Crippen molar-refractivity contribution in [3.8, 4) is 11.4 Å². The molecule has 1 aromatic heterocycles. The molecule has 15 heavy (non-hydrogen) atoms. The van der Waals surface area contributed by atoms with Gasteiger partial charge in [0.1, 0.15) is 0 Å². The molecule has 0 atom stereocenters. The molecule has 0 aliphatic rings. The molecule has 0 fully saturated rings. The summed E-state index contributed by atoms with van der Waals surface area (Å²) in [6.07, 6.45) is 0. The van der Waals surface area contributed by atoms with Crippen LogP contribution in [0, 0.1) is 13.8 Å². The van der Waals surface area contributed by atoms with Gasteiger partial charge in [-0.3, -0.25) is 0 Å². The van der Waals surface area contributed by atoms with Gasteiger partial charge in [-0.15, -0.1) is 0 Å². The van der Waals surface area contributed by atoms with E-state index in [2.05, 4.69) is 19.9 Å². The zero-order chi connectivity index (χ0) is 10.7. The van der Waals surface area contributed by atoms with Gasteiger partial charge in [-0.25, -0.2) is 0 Å². The Morgan fingerprint density at radius 2 is 1.73 bits per heavy atom. The van der Waals surface area contributed by atoms with Crippen LogP contribution in [0.3, 0.4) is 0 Å². The van der Waals surface area contributed by atoms with Crippen LogP contribution in [0.15, 0.2) is 42.4 Å². The normalized spacial score (nSPS) is 9.73. The maximum atomic E-state index is 5.79. The van der Waals surface area contributed by atoms with Gasteiger partial charge in [0.2, 0.25) is 0 Å². The zero-order valence-corrected chi connectivity index (χ0v) is 9.03. The van der Waals surface area contributed by atoms with Crippen molar-refractivity contribution in [1.82, 2.24) is 0 Å². The second-order valence-corrected chi connectivity index (χ2v) is 3.61. The Hall–Kier alpha value is -1.57. The molecule has 2 rings (SSSR count). The van der Waals surface area contributed by atoms with Crippen LogP contribution in [0.1, 0.15) is 11.1 Å². The second kappa shape index (κ2) is 4.30. The van der Waals surface area contributed by atoms with E-state index in [1.54, 1.807) is 0 Å². The quantitative estimate of drug-likeness (QED) is 0.714. The monoisotopic (exact) mass is 196 g/mol. The van der Waals surface area contributed by atoms with Gasteiger partial charge in [-0.2, -0.15) is 0 Å². The predicted octanol–water partition coefficient (Wildman–Crippen LogP) is 3.43. The van der Waals surface area contributed by atoms with Crippen molar-refractivity contribution in [2.75, 3.05) is 0 Å². The van der Waals surface area contributed by atoms with E-state index >= 15 is 0 Å². The number of hydrogen-bond donors (Lipinski definition) is 0. The molecule has 0 bridgehead atoms. The Kier molecular flexibility index (Phi) is 2.86. The summed E-state index contributed by atoms with van der Waals surface area (Å²) in [5.41, 5.74) is 3.38. The summed E-state index contributed by atoms with van der Waals surface area (Å²) in [6, 6.07) is 11.9. The van der Waals surface area contributed by atoms with E-state index < -0.39 is 0 Å². The fraction of sp³-hybridized carbons (Fsp3) is 0.154. The summed E-state index contributed by atoms with van der Waals surface area (Å²) in [4.78, 5) is 0. The van der Waals surface area contributed by atoms with Crippen molar-refractivity contribution in [2.24, 2.45) is 0 Å². The van der Waals surface area contributed by atoms with Gasteiger partial charge in [0.05, 0.1) is 0 Å². The van der Waals surface area contributed by atoms with Gasteiger partial charge in [0, 0.05) is 0 Å². The van der Waals surface area contributed by atoms with Gasteiger partial charge < -0.3 is 0 Å². The summed E-state index contributed by atoms with van der Waals surface area (Å²) >= 11 is 0.